The molecule has 0 unspecified atom stereocenters. The Hall–Kier alpha value is -4.43. The molecule has 0 fully saturated rings. The van der Waals surface area contributed by atoms with Gasteiger partial charge in [0.25, 0.3) is 0 Å². The third-order valence-corrected chi connectivity index (χ3v) is 6.46. The van der Waals surface area contributed by atoms with Crippen molar-refractivity contribution in [3.63, 3.8) is 0 Å². The topological polar surface area (TPSA) is 87.2 Å². The van der Waals surface area contributed by atoms with Crippen LogP contribution in [0.3, 0.4) is 0 Å². The summed E-state index contributed by atoms with van der Waals surface area (Å²) in [6, 6.07) is 26.0. The molecule has 3 aromatic carbocycles. The van der Waals surface area contributed by atoms with Crippen LogP contribution < -0.4 is 9.47 Å². The molecular weight excluding hydrogens is 478 g/mol. The number of aromatic nitrogens is 5. The molecule has 0 saturated carbocycles. The summed E-state index contributed by atoms with van der Waals surface area (Å²) in [7, 11) is 1.66. The minimum atomic E-state index is 0.0365. The lowest BCUT2D eigenvalue weighted by Crippen LogP contribution is -2.10. The van der Waals surface area contributed by atoms with E-state index in [9.17, 15) is 5.11 Å². The van der Waals surface area contributed by atoms with Crippen molar-refractivity contribution in [2.24, 2.45) is 0 Å². The van der Waals surface area contributed by atoms with Gasteiger partial charge in [0.2, 0.25) is 0 Å². The van der Waals surface area contributed by atoms with Crippen LogP contribution in [0, 0.1) is 6.92 Å². The van der Waals surface area contributed by atoms with E-state index in [1.807, 2.05) is 95.0 Å². The van der Waals surface area contributed by atoms with Gasteiger partial charge in [-0.25, -0.2) is 0 Å². The van der Waals surface area contributed by atoms with Crippen LogP contribution >= 0.6 is 0 Å². The molecule has 0 atom stereocenters. The van der Waals surface area contributed by atoms with Gasteiger partial charge in [-0.3, -0.25) is 4.68 Å². The maximum atomic E-state index is 9.35. The van der Waals surface area contributed by atoms with E-state index in [1.165, 1.54) is 0 Å². The molecule has 0 saturated heterocycles. The number of hydrogen-bond donors (Lipinski definition) is 1. The van der Waals surface area contributed by atoms with Crippen LogP contribution in [0.25, 0.3) is 11.5 Å². The number of methoxy groups -OCH3 is 1. The van der Waals surface area contributed by atoms with Gasteiger partial charge in [0.1, 0.15) is 30.1 Å². The number of hydrogen-bond acceptors (Lipinski definition) is 6. The quantitative estimate of drug-likeness (QED) is 0.275. The fourth-order valence-corrected chi connectivity index (χ4v) is 4.37. The van der Waals surface area contributed by atoms with Gasteiger partial charge in [-0.1, -0.05) is 66.7 Å². The zero-order valence-corrected chi connectivity index (χ0v) is 21.6. The highest BCUT2D eigenvalue weighted by Crippen LogP contribution is 2.33. The average Bonchev–Trinajstić information content (AvgIpc) is 3.54. The Bertz CT molecular complexity index is 1460. The van der Waals surface area contributed by atoms with Gasteiger partial charge in [-0.15, -0.1) is 10.2 Å². The van der Waals surface area contributed by atoms with Crippen LogP contribution in [0.1, 0.15) is 27.9 Å². The van der Waals surface area contributed by atoms with Gasteiger partial charge in [0.05, 0.1) is 20.3 Å². The molecule has 0 spiro atoms. The number of aliphatic hydroxyl groups is 1. The zero-order valence-electron chi connectivity index (χ0n) is 21.6. The van der Waals surface area contributed by atoms with Crippen LogP contribution in [0.15, 0.2) is 85.2 Å². The number of aliphatic hydroxyl groups excluding tert-OH is 1. The lowest BCUT2D eigenvalue weighted by atomic mass is 10.1. The minimum absolute atomic E-state index is 0.0365. The third kappa shape index (κ3) is 5.76. The van der Waals surface area contributed by atoms with Gasteiger partial charge in [-0.05, 0) is 47.7 Å². The van der Waals surface area contributed by atoms with Crippen molar-refractivity contribution in [1.29, 1.82) is 0 Å². The van der Waals surface area contributed by atoms with Gasteiger partial charge >= 0.3 is 0 Å². The second-order valence-corrected chi connectivity index (χ2v) is 9.12. The van der Waals surface area contributed by atoms with Crippen LogP contribution in [0.2, 0.25) is 0 Å². The molecule has 0 amide bonds. The van der Waals surface area contributed by atoms with Gasteiger partial charge in [-0.2, -0.15) is 5.10 Å². The molecule has 0 aliphatic heterocycles. The predicted octanol–water partition coefficient (Wildman–Crippen LogP) is 4.82. The van der Waals surface area contributed by atoms with Crippen molar-refractivity contribution in [3.8, 4) is 23.0 Å². The van der Waals surface area contributed by atoms with E-state index in [0.29, 0.717) is 31.3 Å². The van der Waals surface area contributed by atoms with E-state index < -0.39 is 0 Å². The normalized spacial score (nSPS) is 11.0. The monoisotopic (exact) mass is 509 g/mol. The summed E-state index contributed by atoms with van der Waals surface area (Å²) in [5, 5.41) is 23.0. The summed E-state index contributed by atoms with van der Waals surface area (Å²) < 4.78 is 15.6. The highest BCUT2D eigenvalue weighted by molar-refractivity contribution is 5.62. The summed E-state index contributed by atoms with van der Waals surface area (Å²) in [6.07, 6.45) is 2.51. The van der Waals surface area contributed by atoms with E-state index in [4.69, 9.17) is 14.6 Å². The van der Waals surface area contributed by atoms with E-state index in [0.717, 1.165) is 45.8 Å². The Labute approximate surface area is 222 Å². The maximum Gasteiger partial charge on any atom is 0.186 e. The maximum absolute atomic E-state index is 9.35. The minimum Gasteiger partial charge on any atom is -0.497 e. The first-order valence-corrected chi connectivity index (χ1v) is 12.6. The standard InChI is InChI=1S/C30H31N5O3/c1-22-29(38-20-26-6-4-3-5-7-26)28(35(33-22)17-16-23-8-10-25(19-36)11-9-23)30-32-31-21-34(30)18-24-12-14-27(37-2)15-13-24/h3-15,21,36H,16-20H2,1-2H3. The van der Waals surface area contributed by atoms with Crippen molar-refractivity contribution in [2.75, 3.05) is 7.11 Å². The number of aryl methyl sites for hydroxylation is 3. The van der Waals surface area contributed by atoms with Crippen molar-refractivity contribution >= 4 is 0 Å². The summed E-state index contributed by atoms with van der Waals surface area (Å²) in [4.78, 5) is 0. The molecular formula is C30H31N5O3. The summed E-state index contributed by atoms with van der Waals surface area (Å²) in [5.74, 6) is 2.21. The Balaban J connectivity index is 1.47. The Morgan fingerprint density at radius 1 is 0.842 bits per heavy atom. The lowest BCUT2D eigenvalue weighted by molar-refractivity contribution is 0.282. The molecule has 0 aliphatic carbocycles. The molecule has 5 rings (SSSR count). The lowest BCUT2D eigenvalue weighted by Gasteiger charge is -2.13. The van der Waals surface area contributed by atoms with Gasteiger partial charge < -0.3 is 19.1 Å². The van der Waals surface area contributed by atoms with E-state index in [1.54, 1.807) is 13.4 Å². The molecule has 1 N–H and O–H groups in total. The van der Waals surface area contributed by atoms with Crippen molar-refractivity contribution in [2.45, 2.75) is 39.6 Å². The highest BCUT2D eigenvalue weighted by atomic mass is 16.5. The van der Waals surface area contributed by atoms with Crippen molar-refractivity contribution in [1.82, 2.24) is 24.5 Å². The van der Waals surface area contributed by atoms with Crippen LogP contribution in [-0.4, -0.2) is 36.8 Å². The van der Waals surface area contributed by atoms with Gasteiger partial charge in [0, 0.05) is 6.54 Å². The van der Waals surface area contributed by atoms with E-state index in [-0.39, 0.29) is 6.61 Å². The predicted molar refractivity (Wildman–Crippen MR) is 145 cm³/mol. The first kappa shape index (κ1) is 25.2. The summed E-state index contributed by atoms with van der Waals surface area (Å²) >= 11 is 0. The molecule has 2 aromatic heterocycles. The second-order valence-electron chi connectivity index (χ2n) is 9.12. The molecule has 194 valence electrons. The Morgan fingerprint density at radius 2 is 1.55 bits per heavy atom. The molecule has 38 heavy (non-hydrogen) atoms. The van der Waals surface area contributed by atoms with Crippen LogP contribution in [0.4, 0.5) is 0 Å². The summed E-state index contributed by atoms with van der Waals surface area (Å²) in [6.45, 7) is 3.65. The SMILES string of the molecule is COc1ccc(Cn2cnnc2-c2c(OCc3ccccc3)c(C)nn2CCc2ccc(CO)cc2)cc1. The largest absolute Gasteiger partial charge is 0.497 e. The first-order valence-electron chi connectivity index (χ1n) is 12.6. The van der Waals surface area contributed by atoms with Crippen molar-refractivity contribution < 1.29 is 14.6 Å². The molecule has 8 nitrogen and oxygen atoms in total. The molecule has 2 heterocycles. The fraction of sp³-hybridized carbons (Fsp3) is 0.233. The zero-order chi connectivity index (χ0) is 26.3. The number of ether oxygens (including phenoxy) is 2. The number of benzene rings is 3. The average molecular weight is 510 g/mol. The number of rotatable bonds is 11. The van der Waals surface area contributed by atoms with Crippen LogP contribution in [0.5, 0.6) is 11.5 Å². The van der Waals surface area contributed by atoms with Crippen LogP contribution in [-0.2, 0) is 32.7 Å². The fourth-order valence-electron chi connectivity index (χ4n) is 4.37. The third-order valence-electron chi connectivity index (χ3n) is 6.46. The Morgan fingerprint density at radius 3 is 2.26 bits per heavy atom. The smallest absolute Gasteiger partial charge is 0.186 e. The highest BCUT2D eigenvalue weighted by Gasteiger charge is 2.23. The molecule has 5 aromatic rings. The molecule has 0 aliphatic rings. The molecule has 8 heteroatoms. The molecule has 0 radical (unpaired) electrons. The Kier molecular flexibility index (Phi) is 7.80. The summed E-state index contributed by atoms with van der Waals surface area (Å²) in [5.41, 5.74) is 5.84. The van der Waals surface area contributed by atoms with Gasteiger partial charge in [0.15, 0.2) is 11.6 Å². The molecule has 0 bridgehead atoms. The second kappa shape index (κ2) is 11.7. The van der Waals surface area contributed by atoms with E-state index in [2.05, 4.69) is 10.2 Å². The van der Waals surface area contributed by atoms with Crippen molar-refractivity contribution in [3.05, 3.63) is 113 Å². The first-order chi connectivity index (χ1) is 18.6. The van der Waals surface area contributed by atoms with E-state index >= 15 is 0 Å². The number of nitrogens with zero attached hydrogens (tertiary/aromatic N) is 5.